The fourth-order valence-electron chi connectivity index (χ4n) is 4.87. The number of carbonyl (C=O) groups is 2. The second-order valence-corrected chi connectivity index (χ2v) is 8.62. The summed E-state index contributed by atoms with van der Waals surface area (Å²) >= 11 is 0. The highest BCUT2D eigenvalue weighted by molar-refractivity contribution is 6.10. The van der Waals surface area contributed by atoms with E-state index < -0.39 is 11.5 Å². The summed E-state index contributed by atoms with van der Waals surface area (Å²) in [5, 5.41) is 9.50. The van der Waals surface area contributed by atoms with Crippen LogP contribution in [-0.4, -0.2) is 32.1 Å². The van der Waals surface area contributed by atoms with Crippen molar-refractivity contribution in [3.8, 4) is 11.5 Å². The molecule has 0 aromatic heterocycles. The lowest BCUT2D eigenvalue weighted by molar-refractivity contribution is -0.130. The van der Waals surface area contributed by atoms with Crippen LogP contribution in [0.4, 0.5) is 11.4 Å². The maximum absolute atomic E-state index is 13.6. The molecule has 3 N–H and O–H groups in total. The molecule has 3 atom stereocenters. The van der Waals surface area contributed by atoms with E-state index in [4.69, 9.17) is 9.47 Å². The topological polar surface area (TPSA) is 88.7 Å². The van der Waals surface area contributed by atoms with Crippen molar-refractivity contribution in [2.75, 3.05) is 24.9 Å². The van der Waals surface area contributed by atoms with E-state index in [1.54, 1.807) is 32.4 Å². The SMILES string of the molecule is COc1ccc(OC)c(NC(=O)C2CC(CC(C)C)NC23C(=O)Nc2ccccc23)c1. The minimum Gasteiger partial charge on any atom is -0.497 e. The van der Waals surface area contributed by atoms with Gasteiger partial charge in [0.05, 0.1) is 25.8 Å². The average molecular weight is 424 g/mol. The summed E-state index contributed by atoms with van der Waals surface area (Å²) in [5.41, 5.74) is 0.999. The van der Waals surface area contributed by atoms with Crippen molar-refractivity contribution in [2.24, 2.45) is 11.8 Å². The van der Waals surface area contributed by atoms with Crippen molar-refractivity contribution in [3.63, 3.8) is 0 Å². The monoisotopic (exact) mass is 423 g/mol. The zero-order valence-corrected chi connectivity index (χ0v) is 18.3. The van der Waals surface area contributed by atoms with E-state index in [2.05, 4.69) is 29.8 Å². The summed E-state index contributed by atoms with van der Waals surface area (Å²) in [6.45, 7) is 4.29. The maximum Gasteiger partial charge on any atom is 0.250 e. The van der Waals surface area contributed by atoms with Crippen LogP contribution in [0.25, 0.3) is 0 Å². The second kappa shape index (κ2) is 8.23. The number of methoxy groups -OCH3 is 2. The molecular weight excluding hydrogens is 394 g/mol. The highest BCUT2D eigenvalue weighted by Gasteiger charge is 2.60. The van der Waals surface area contributed by atoms with Crippen LogP contribution in [0.1, 0.15) is 32.3 Å². The lowest BCUT2D eigenvalue weighted by atomic mass is 9.79. The zero-order chi connectivity index (χ0) is 22.2. The van der Waals surface area contributed by atoms with Crippen LogP contribution in [0.3, 0.4) is 0 Å². The molecule has 7 heteroatoms. The van der Waals surface area contributed by atoms with E-state index in [9.17, 15) is 9.59 Å². The summed E-state index contributed by atoms with van der Waals surface area (Å²) < 4.78 is 10.7. The van der Waals surface area contributed by atoms with Gasteiger partial charge in [0, 0.05) is 23.4 Å². The Morgan fingerprint density at radius 1 is 1.19 bits per heavy atom. The summed E-state index contributed by atoms with van der Waals surface area (Å²) in [7, 11) is 3.12. The van der Waals surface area contributed by atoms with Crippen LogP contribution in [0.2, 0.25) is 0 Å². The van der Waals surface area contributed by atoms with Gasteiger partial charge in [0.2, 0.25) is 11.8 Å². The van der Waals surface area contributed by atoms with E-state index in [1.807, 2.05) is 24.3 Å². The number of nitrogens with one attached hydrogen (secondary N) is 3. The minimum atomic E-state index is -1.09. The molecule has 0 bridgehead atoms. The number of rotatable bonds is 6. The minimum absolute atomic E-state index is 0.0554. The number of hydrogen-bond acceptors (Lipinski definition) is 5. The number of hydrogen-bond donors (Lipinski definition) is 3. The first-order valence-electron chi connectivity index (χ1n) is 10.6. The molecule has 2 aliphatic rings. The molecule has 7 nitrogen and oxygen atoms in total. The van der Waals surface area contributed by atoms with Gasteiger partial charge in [0.25, 0.3) is 0 Å². The quantitative estimate of drug-likeness (QED) is 0.662. The highest BCUT2D eigenvalue weighted by atomic mass is 16.5. The third kappa shape index (κ3) is 3.63. The van der Waals surface area contributed by atoms with E-state index in [0.29, 0.717) is 29.5 Å². The molecule has 2 aliphatic heterocycles. The van der Waals surface area contributed by atoms with Crippen LogP contribution < -0.4 is 25.4 Å². The largest absolute Gasteiger partial charge is 0.497 e. The normalized spacial score (nSPS) is 24.2. The van der Waals surface area contributed by atoms with E-state index in [0.717, 1.165) is 17.7 Å². The van der Waals surface area contributed by atoms with Gasteiger partial charge in [-0.1, -0.05) is 32.0 Å². The Labute approximate surface area is 182 Å². The van der Waals surface area contributed by atoms with Crippen molar-refractivity contribution >= 4 is 23.2 Å². The Hall–Kier alpha value is -3.06. The third-order valence-electron chi connectivity index (χ3n) is 6.17. The summed E-state index contributed by atoms with van der Waals surface area (Å²) in [5.74, 6) is 0.599. The van der Waals surface area contributed by atoms with Gasteiger partial charge in [-0.2, -0.15) is 0 Å². The molecule has 1 spiro atoms. The lowest BCUT2D eigenvalue weighted by Crippen LogP contribution is -2.52. The van der Waals surface area contributed by atoms with Gasteiger partial charge < -0.3 is 20.1 Å². The van der Waals surface area contributed by atoms with Gasteiger partial charge in [0.1, 0.15) is 17.0 Å². The molecule has 0 saturated carbocycles. The van der Waals surface area contributed by atoms with Gasteiger partial charge in [-0.3, -0.25) is 14.9 Å². The molecule has 2 heterocycles. The molecule has 3 unspecified atom stereocenters. The molecular formula is C24H29N3O4. The van der Waals surface area contributed by atoms with E-state index in [1.165, 1.54) is 0 Å². The Morgan fingerprint density at radius 2 is 1.97 bits per heavy atom. The van der Waals surface area contributed by atoms with Crippen LogP contribution in [0, 0.1) is 11.8 Å². The van der Waals surface area contributed by atoms with Gasteiger partial charge in [-0.15, -0.1) is 0 Å². The molecule has 2 amide bonds. The predicted octanol–water partition coefficient (Wildman–Crippen LogP) is 3.51. The number of para-hydroxylation sites is 1. The van der Waals surface area contributed by atoms with Crippen LogP contribution in [-0.2, 0) is 15.1 Å². The number of fused-ring (bicyclic) bond motifs is 2. The molecule has 164 valence electrons. The van der Waals surface area contributed by atoms with Gasteiger partial charge in [0.15, 0.2) is 0 Å². The second-order valence-electron chi connectivity index (χ2n) is 8.62. The molecule has 2 aromatic carbocycles. The number of carbonyl (C=O) groups excluding carboxylic acids is 2. The first-order chi connectivity index (χ1) is 14.9. The zero-order valence-electron chi connectivity index (χ0n) is 18.3. The Bertz CT molecular complexity index is 1010. The molecule has 4 rings (SSSR count). The van der Waals surface area contributed by atoms with Crippen molar-refractivity contribution in [1.29, 1.82) is 0 Å². The maximum atomic E-state index is 13.6. The fourth-order valence-corrected chi connectivity index (χ4v) is 4.87. The fraction of sp³-hybridized carbons (Fsp3) is 0.417. The number of anilines is 2. The first-order valence-corrected chi connectivity index (χ1v) is 10.6. The lowest BCUT2D eigenvalue weighted by Gasteiger charge is -2.29. The standard InChI is InChI=1S/C24H29N3O4/c1-14(2)11-15-12-18(22(28)25-20-13-16(30-3)9-10-21(20)31-4)24(27-15)17-7-5-6-8-19(17)26-23(24)29/h5-10,13-15,18,27H,11-12H2,1-4H3,(H,25,28)(H,26,29). The number of benzene rings is 2. The van der Waals surface area contributed by atoms with E-state index >= 15 is 0 Å². The molecule has 0 radical (unpaired) electrons. The van der Waals surface area contributed by atoms with Gasteiger partial charge >= 0.3 is 0 Å². The van der Waals surface area contributed by atoms with Crippen molar-refractivity contribution in [2.45, 2.75) is 38.3 Å². The Morgan fingerprint density at radius 3 is 2.68 bits per heavy atom. The molecule has 0 aliphatic carbocycles. The van der Waals surface area contributed by atoms with Crippen LogP contribution >= 0.6 is 0 Å². The van der Waals surface area contributed by atoms with Crippen molar-refractivity contribution in [1.82, 2.24) is 5.32 Å². The average Bonchev–Trinajstić information content (AvgIpc) is 3.26. The molecule has 1 saturated heterocycles. The van der Waals surface area contributed by atoms with Gasteiger partial charge in [-0.25, -0.2) is 0 Å². The van der Waals surface area contributed by atoms with Crippen LogP contribution in [0.15, 0.2) is 42.5 Å². The highest BCUT2D eigenvalue weighted by Crippen LogP contribution is 2.48. The summed E-state index contributed by atoms with van der Waals surface area (Å²) in [4.78, 5) is 26.9. The molecule has 2 aromatic rings. The van der Waals surface area contributed by atoms with Crippen LogP contribution in [0.5, 0.6) is 11.5 Å². The Kier molecular flexibility index (Phi) is 5.62. The number of ether oxygens (including phenoxy) is 2. The van der Waals surface area contributed by atoms with Gasteiger partial charge in [-0.05, 0) is 37.0 Å². The van der Waals surface area contributed by atoms with E-state index in [-0.39, 0.29) is 17.9 Å². The molecule has 31 heavy (non-hydrogen) atoms. The van der Waals surface area contributed by atoms with Crippen molar-refractivity contribution in [3.05, 3.63) is 48.0 Å². The third-order valence-corrected chi connectivity index (χ3v) is 6.17. The summed E-state index contributed by atoms with van der Waals surface area (Å²) in [6.07, 6.45) is 1.45. The summed E-state index contributed by atoms with van der Waals surface area (Å²) in [6, 6.07) is 12.9. The Balaban J connectivity index is 1.71. The van der Waals surface area contributed by atoms with Crippen molar-refractivity contribution < 1.29 is 19.1 Å². The number of amides is 2. The predicted molar refractivity (Wildman–Crippen MR) is 119 cm³/mol. The smallest absolute Gasteiger partial charge is 0.250 e. The molecule has 1 fully saturated rings. The first kappa shape index (κ1) is 21.2.